The van der Waals surface area contributed by atoms with Crippen molar-refractivity contribution in [3.63, 3.8) is 0 Å². The first-order valence-corrected chi connectivity index (χ1v) is 7.57. The summed E-state index contributed by atoms with van der Waals surface area (Å²) in [6.45, 7) is 0. The van der Waals surface area contributed by atoms with Crippen LogP contribution < -0.4 is 0 Å². The highest BCUT2D eigenvalue weighted by Gasteiger charge is 2.47. The fraction of sp³-hybridized carbons (Fsp3) is 0.588. The van der Waals surface area contributed by atoms with E-state index in [0.717, 1.165) is 12.8 Å². The number of carbonyl (C=O) groups is 1. The maximum atomic E-state index is 12.3. The highest BCUT2D eigenvalue weighted by atomic mass is 16.5. The zero-order valence-corrected chi connectivity index (χ0v) is 12.3. The van der Waals surface area contributed by atoms with Gasteiger partial charge in [-0.15, -0.1) is 0 Å². The fourth-order valence-corrected chi connectivity index (χ4v) is 4.17. The van der Waals surface area contributed by atoms with Crippen LogP contribution in [-0.2, 0) is 9.53 Å². The molecule has 0 aromatic heterocycles. The summed E-state index contributed by atoms with van der Waals surface area (Å²) < 4.78 is 5.12. The Hall–Kier alpha value is -1.35. The summed E-state index contributed by atoms with van der Waals surface area (Å²) in [7, 11) is 3.69. The molecule has 3 rings (SSSR count). The van der Waals surface area contributed by atoms with Crippen molar-refractivity contribution < 1.29 is 9.53 Å². The zero-order valence-electron chi connectivity index (χ0n) is 12.3. The minimum absolute atomic E-state index is 0.0241. The number of hydrogen-bond acceptors (Lipinski definition) is 3. The van der Waals surface area contributed by atoms with Crippen molar-refractivity contribution in [2.75, 3.05) is 14.2 Å². The van der Waals surface area contributed by atoms with Crippen LogP contribution in [0.3, 0.4) is 0 Å². The molecule has 4 atom stereocenters. The SMILES string of the molecule is COC(=O)[C@@H]1C2CCCC(C[C@@H]1c1ccccc1)N2C. The summed E-state index contributed by atoms with van der Waals surface area (Å²) in [4.78, 5) is 14.8. The molecule has 0 amide bonds. The first-order valence-electron chi connectivity index (χ1n) is 7.57. The zero-order chi connectivity index (χ0) is 14.1. The van der Waals surface area contributed by atoms with Crippen molar-refractivity contribution in [3.8, 4) is 0 Å². The molecular formula is C17H23NO2. The number of nitrogens with zero attached hydrogens (tertiary/aromatic N) is 1. The molecule has 2 bridgehead atoms. The quantitative estimate of drug-likeness (QED) is 0.776. The van der Waals surface area contributed by atoms with Crippen LogP contribution in [0.5, 0.6) is 0 Å². The summed E-state index contributed by atoms with van der Waals surface area (Å²) in [5.74, 6) is 0.232. The number of benzene rings is 1. The molecule has 0 spiro atoms. The van der Waals surface area contributed by atoms with Crippen molar-refractivity contribution in [2.45, 2.75) is 43.7 Å². The fourth-order valence-electron chi connectivity index (χ4n) is 4.17. The number of fused-ring (bicyclic) bond motifs is 2. The lowest BCUT2D eigenvalue weighted by Crippen LogP contribution is -2.56. The van der Waals surface area contributed by atoms with Crippen LogP contribution in [0, 0.1) is 5.92 Å². The minimum atomic E-state index is -0.0453. The molecule has 0 radical (unpaired) electrons. The summed E-state index contributed by atoms with van der Waals surface area (Å²) in [5, 5.41) is 0. The molecule has 2 unspecified atom stereocenters. The number of hydrogen-bond donors (Lipinski definition) is 0. The average Bonchev–Trinajstić information content (AvgIpc) is 2.47. The van der Waals surface area contributed by atoms with Gasteiger partial charge in [0.2, 0.25) is 0 Å². The molecule has 2 saturated heterocycles. The monoisotopic (exact) mass is 273 g/mol. The van der Waals surface area contributed by atoms with E-state index in [1.165, 1.54) is 25.5 Å². The molecule has 2 aliphatic heterocycles. The van der Waals surface area contributed by atoms with Gasteiger partial charge in [0, 0.05) is 18.0 Å². The summed E-state index contributed by atoms with van der Waals surface area (Å²) in [6, 6.07) is 11.4. The van der Waals surface area contributed by atoms with Gasteiger partial charge >= 0.3 is 5.97 Å². The van der Waals surface area contributed by atoms with Gasteiger partial charge in [-0.1, -0.05) is 36.8 Å². The number of methoxy groups -OCH3 is 1. The molecule has 1 aromatic carbocycles. The van der Waals surface area contributed by atoms with Crippen LogP contribution in [0.25, 0.3) is 0 Å². The van der Waals surface area contributed by atoms with E-state index in [0.29, 0.717) is 18.0 Å². The molecule has 1 aromatic rings. The Balaban J connectivity index is 1.96. The predicted molar refractivity (Wildman–Crippen MR) is 78.5 cm³/mol. The highest BCUT2D eigenvalue weighted by Crippen LogP contribution is 2.45. The maximum absolute atomic E-state index is 12.3. The number of esters is 1. The normalized spacial score (nSPS) is 33.7. The number of carbonyl (C=O) groups excluding carboxylic acids is 1. The molecule has 0 aliphatic carbocycles. The Labute approximate surface area is 120 Å². The first-order chi connectivity index (χ1) is 9.72. The Morgan fingerprint density at radius 1 is 1.25 bits per heavy atom. The number of piperidine rings is 2. The van der Waals surface area contributed by atoms with Gasteiger partial charge in [-0.05, 0) is 31.9 Å². The van der Waals surface area contributed by atoms with Gasteiger partial charge in [0.15, 0.2) is 0 Å². The van der Waals surface area contributed by atoms with E-state index in [1.807, 2.05) is 6.07 Å². The van der Waals surface area contributed by atoms with E-state index in [2.05, 4.69) is 36.2 Å². The van der Waals surface area contributed by atoms with E-state index >= 15 is 0 Å². The standard InChI is InChI=1S/C17H23NO2/c1-18-13-9-6-10-15(18)16(17(19)20-2)14(11-13)12-7-4-3-5-8-12/h3-5,7-8,13-16H,6,9-11H2,1-2H3/t13?,14-,15?,16+/m1/s1. The topological polar surface area (TPSA) is 29.5 Å². The van der Waals surface area contributed by atoms with Crippen LogP contribution in [0.15, 0.2) is 30.3 Å². The minimum Gasteiger partial charge on any atom is -0.469 e. The maximum Gasteiger partial charge on any atom is 0.310 e. The highest BCUT2D eigenvalue weighted by molar-refractivity contribution is 5.75. The largest absolute Gasteiger partial charge is 0.469 e. The van der Waals surface area contributed by atoms with E-state index < -0.39 is 0 Å². The molecule has 0 saturated carbocycles. The van der Waals surface area contributed by atoms with Gasteiger partial charge in [-0.3, -0.25) is 9.69 Å². The van der Waals surface area contributed by atoms with E-state index in [-0.39, 0.29) is 11.9 Å². The van der Waals surface area contributed by atoms with Crippen molar-refractivity contribution in [2.24, 2.45) is 5.92 Å². The van der Waals surface area contributed by atoms with Gasteiger partial charge in [-0.2, -0.15) is 0 Å². The van der Waals surface area contributed by atoms with Crippen molar-refractivity contribution in [1.82, 2.24) is 4.90 Å². The lowest BCUT2D eigenvalue weighted by atomic mass is 9.69. The second-order valence-corrected chi connectivity index (χ2v) is 6.12. The third-order valence-electron chi connectivity index (χ3n) is 5.21. The Kier molecular flexibility index (Phi) is 3.79. The van der Waals surface area contributed by atoms with Gasteiger partial charge in [0.05, 0.1) is 13.0 Å². The van der Waals surface area contributed by atoms with Crippen LogP contribution in [0.2, 0.25) is 0 Å². The van der Waals surface area contributed by atoms with E-state index in [4.69, 9.17) is 4.74 Å². The van der Waals surface area contributed by atoms with Crippen molar-refractivity contribution in [1.29, 1.82) is 0 Å². The lowest BCUT2D eigenvalue weighted by molar-refractivity contribution is -0.153. The molecule has 2 heterocycles. The molecule has 2 fully saturated rings. The molecule has 3 nitrogen and oxygen atoms in total. The Morgan fingerprint density at radius 2 is 2.00 bits per heavy atom. The van der Waals surface area contributed by atoms with Gasteiger partial charge in [-0.25, -0.2) is 0 Å². The molecule has 0 N–H and O–H groups in total. The van der Waals surface area contributed by atoms with Crippen LogP contribution in [0.4, 0.5) is 0 Å². The van der Waals surface area contributed by atoms with Crippen LogP contribution in [-0.4, -0.2) is 37.1 Å². The average molecular weight is 273 g/mol. The second kappa shape index (κ2) is 5.57. The predicted octanol–water partition coefficient (Wildman–Crippen LogP) is 2.82. The molecular weight excluding hydrogens is 250 g/mol. The third kappa shape index (κ3) is 2.24. The second-order valence-electron chi connectivity index (χ2n) is 6.12. The van der Waals surface area contributed by atoms with Crippen molar-refractivity contribution in [3.05, 3.63) is 35.9 Å². The first kappa shape index (κ1) is 13.6. The summed E-state index contributed by atoms with van der Waals surface area (Å²) >= 11 is 0. The summed E-state index contributed by atoms with van der Waals surface area (Å²) in [6.07, 6.45) is 4.66. The third-order valence-corrected chi connectivity index (χ3v) is 5.21. The number of ether oxygens (including phenoxy) is 1. The Morgan fingerprint density at radius 3 is 2.70 bits per heavy atom. The van der Waals surface area contributed by atoms with E-state index in [9.17, 15) is 4.79 Å². The number of rotatable bonds is 2. The molecule has 108 valence electrons. The smallest absolute Gasteiger partial charge is 0.310 e. The van der Waals surface area contributed by atoms with Gasteiger partial charge in [0.25, 0.3) is 0 Å². The van der Waals surface area contributed by atoms with Crippen LogP contribution >= 0.6 is 0 Å². The molecule has 20 heavy (non-hydrogen) atoms. The summed E-state index contributed by atoms with van der Waals surface area (Å²) in [5.41, 5.74) is 1.29. The van der Waals surface area contributed by atoms with Crippen molar-refractivity contribution >= 4 is 5.97 Å². The Bertz CT molecular complexity index is 473. The molecule has 3 heteroatoms. The van der Waals surface area contributed by atoms with E-state index in [1.54, 1.807) is 0 Å². The van der Waals surface area contributed by atoms with Crippen LogP contribution in [0.1, 0.15) is 37.2 Å². The van der Waals surface area contributed by atoms with Gasteiger partial charge in [0.1, 0.15) is 0 Å². The lowest BCUT2D eigenvalue weighted by Gasteiger charge is -2.50. The molecule has 2 aliphatic rings. The van der Waals surface area contributed by atoms with Gasteiger partial charge < -0.3 is 4.74 Å².